The summed E-state index contributed by atoms with van der Waals surface area (Å²) in [5, 5.41) is 2.70. The second-order valence-corrected chi connectivity index (χ2v) is 7.07. The number of hydrogen-bond acceptors (Lipinski definition) is 4. The number of nitrogens with one attached hydrogen (secondary N) is 2. The molecule has 1 aromatic heterocycles. The van der Waals surface area contributed by atoms with Gasteiger partial charge in [-0.2, -0.15) is 0 Å². The fourth-order valence-electron chi connectivity index (χ4n) is 1.26. The molecule has 106 valence electrons. The van der Waals surface area contributed by atoms with Gasteiger partial charge >= 0.3 is 0 Å². The molecule has 1 amide bonds. The van der Waals surface area contributed by atoms with Crippen LogP contribution in [0.2, 0.25) is 5.02 Å². The van der Waals surface area contributed by atoms with E-state index in [-0.39, 0.29) is 16.5 Å². The van der Waals surface area contributed by atoms with E-state index in [2.05, 4.69) is 15.0 Å². The molecule has 6 nitrogen and oxygen atoms in total. The predicted octanol–water partition coefficient (Wildman–Crippen LogP) is 0.928. The zero-order valence-corrected chi connectivity index (χ0v) is 12.5. The summed E-state index contributed by atoms with van der Waals surface area (Å²) in [5.74, 6) is -0.420. The SMILES string of the molecule is CC(C)(C)NC(=O)CNS(=O)(=O)c1cnccc1Cl. The summed E-state index contributed by atoms with van der Waals surface area (Å²) in [7, 11) is -3.85. The number of carbonyl (C=O) groups excluding carboxylic acids is 1. The van der Waals surface area contributed by atoms with Gasteiger partial charge in [0.15, 0.2) is 0 Å². The van der Waals surface area contributed by atoms with Crippen molar-refractivity contribution in [3.05, 3.63) is 23.5 Å². The first kappa shape index (κ1) is 15.9. The van der Waals surface area contributed by atoms with Crippen LogP contribution < -0.4 is 10.0 Å². The van der Waals surface area contributed by atoms with E-state index in [0.717, 1.165) is 6.20 Å². The minimum absolute atomic E-state index is 0.0544. The van der Waals surface area contributed by atoms with Crippen LogP contribution in [0.4, 0.5) is 0 Å². The van der Waals surface area contributed by atoms with Gasteiger partial charge in [0.25, 0.3) is 0 Å². The highest BCUT2D eigenvalue weighted by Crippen LogP contribution is 2.18. The second-order valence-electron chi connectivity index (χ2n) is 4.93. The van der Waals surface area contributed by atoms with Crippen molar-refractivity contribution in [2.24, 2.45) is 0 Å². The Morgan fingerprint density at radius 1 is 1.42 bits per heavy atom. The van der Waals surface area contributed by atoms with Crippen LogP contribution in [0, 0.1) is 0 Å². The van der Waals surface area contributed by atoms with E-state index in [1.54, 1.807) is 20.8 Å². The van der Waals surface area contributed by atoms with Crippen molar-refractivity contribution in [3.8, 4) is 0 Å². The lowest BCUT2D eigenvalue weighted by atomic mass is 10.1. The number of amides is 1. The Balaban J connectivity index is 2.72. The number of sulfonamides is 1. The van der Waals surface area contributed by atoms with Gasteiger partial charge in [0, 0.05) is 17.9 Å². The first-order chi connectivity index (χ1) is 8.62. The van der Waals surface area contributed by atoms with E-state index in [1.807, 2.05) is 0 Å². The standard InChI is InChI=1S/C11H16ClN3O3S/c1-11(2,3)15-10(16)7-14-19(17,18)9-6-13-5-4-8(9)12/h4-6,14H,7H2,1-3H3,(H,15,16). The molecule has 1 aromatic rings. The van der Waals surface area contributed by atoms with E-state index in [4.69, 9.17) is 11.6 Å². The molecule has 0 saturated heterocycles. The fraction of sp³-hybridized carbons (Fsp3) is 0.455. The maximum absolute atomic E-state index is 11.9. The summed E-state index contributed by atoms with van der Waals surface area (Å²) in [4.78, 5) is 15.1. The maximum atomic E-state index is 11.9. The zero-order valence-electron chi connectivity index (χ0n) is 10.9. The molecule has 0 atom stereocenters. The third-order valence-electron chi connectivity index (χ3n) is 1.96. The largest absolute Gasteiger partial charge is 0.350 e. The zero-order chi connectivity index (χ0) is 14.7. The van der Waals surface area contributed by atoms with Crippen molar-refractivity contribution in [1.29, 1.82) is 0 Å². The molecule has 0 saturated carbocycles. The van der Waals surface area contributed by atoms with Crippen LogP contribution in [0.3, 0.4) is 0 Å². The number of carbonyl (C=O) groups is 1. The third-order valence-corrected chi connectivity index (χ3v) is 3.83. The average Bonchev–Trinajstić information content (AvgIpc) is 2.24. The van der Waals surface area contributed by atoms with Crippen LogP contribution in [0.5, 0.6) is 0 Å². The van der Waals surface area contributed by atoms with E-state index >= 15 is 0 Å². The van der Waals surface area contributed by atoms with Gasteiger partial charge in [-0.25, -0.2) is 13.1 Å². The number of pyridine rings is 1. The maximum Gasteiger partial charge on any atom is 0.244 e. The van der Waals surface area contributed by atoms with Gasteiger partial charge in [-0.15, -0.1) is 0 Å². The highest BCUT2D eigenvalue weighted by molar-refractivity contribution is 7.89. The Hall–Kier alpha value is -1.18. The first-order valence-corrected chi connectivity index (χ1v) is 7.38. The minimum Gasteiger partial charge on any atom is -0.350 e. The molecular weight excluding hydrogens is 290 g/mol. The predicted molar refractivity (Wildman–Crippen MR) is 72.3 cm³/mol. The van der Waals surface area contributed by atoms with Crippen LogP contribution >= 0.6 is 11.6 Å². The molecule has 0 unspecified atom stereocenters. The van der Waals surface area contributed by atoms with Crippen molar-refractivity contribution >= 4 is 27.5 Å². The summed E-state index contributed by atoms with van der Waals surface area (Å²) in [6.07, 6.45) is 2.51. The average molecular weight is 306 g/mol. The van der Waals surface area contributed by atoms with Gasteiger partial charge in [-0.3, -0.25) is 9.78 Å². The Labute approximate surface area is 117 Å². The Kier molecular flexibility index (Phi) is 4.89. The normalized spacial score (nSPS) is 12.2. The molecule has 1 rings (SSSR count). The molecule has 2 N–H and O–H groups in total. The monoisotopic (exact) mass is 305 g/mol. The van der Waals surface area contributed by atoms with Gasteiger partial charge < -0.3 is 5.32 Å². The van der Waals surface area contributed by atoms with Crippen molar-refractivity contribution in [1.82, 2.24) is 15.0 Å². The summed E-state index contributed by atoms with van der Waals surface area (Å²) in [6, 6.07) is 1.37. The lowest BCUT2D eigenvalue weighted by molar-refractivity contribution is -0.121. The van der Waals surface area contributed by atoms with E-state index in [9.17, 15) is 13.2 Å². The van der Waals surface area contributed by atoms with Gasteiger partial charge in [-0.1, -0.05) is 11.6 Å². The highest BCUT2D eigenvalue weighted by atomic mass is 35.5. The minimum atomic E-state index is -3.85. The molecule has 0 aromatic carbocycles. The molecule has 8 heteroatoms. The van der Waals surface area contributed by atoms with Crippen LogP contribution in [0.1, 0.15) is 20.8 Å². The first-order valence-electron chi connectivity index (χ1n) is 5.52. The van der Waals surface area contributed by atoms with Gasteiger partial charge in [0.2, 0.25) is 15.9 Å². The number of aromatic nitrogens is 1. The molecule has 0 aliphatic rings. The Morgan fingerprint density at radius 2 is 2.05 bits per heavy atom. The number of hydrogen-bond donors (Lipinski definition) is 2. The van der Waals surface area contributed by atoms with Crippen LogP contribution in [-0.2, 0) is 14.8 Å². The van der Waals surface area contributed by atoms with E-state index in [0.29, 0.717) is 0 Å². The van der Waals surface area contributed by atoms with Gasteiger partial charge in [0.1, 0.15) is 4.90 Å². The fourth-order valence-corrected chi connectivity index (χ4v) is 2.67. The molecule has 0 spiro atoms. The third kappa shape index (κ3) is 5.14. The summed E-state index contributed by atoms with van der Waals surface area (Å²) in [5.41, 5.74) is -0.422. The number of rotatable bonds is 4. The molecule has 19 heavy (non-hydrogen) atoms. The van der Waals surface area contributed by atoms with Crippen LogP contribution in [-0.4, -0.2) is 31.4 Å². The topological polar surface area (TPSA) is 88.2 Å². The van der Waals surface area contributed by atoms with Crippen LogP contribution in [0.25, 0.3) is 0 Å². The van der Waals surface area contributed by atoms with Crippen LogP contribution in [0.15, 0.2) is 23.4 Å². The molecule has 0 bridgehead atoms. The molecule has 1 heterocycles. The smallest absolute Gasteiger partial charge is 0.244 e. The number of nitrogens with zero attached hydrogens (tertiary/aromatic N) is 1. The number of halogens is 1. The highest BCUT2D eigenvalue weighted by Gasteiger charge is 2.20. The van der Waals surface area contributed by atoms with Crippen molar-refractivity contribution in [3.63, 3.8) is 0 Å². The van der Waals surface area contributed by atoms with Crippen molar-refractivity contribution < 1.29 is 13.2 Å². The second kappa shape index (κ2) is 5.85. The quantitative estimate of drug-likeness (QED) is 0.866. The van der Waals surface area contributed by atoms with Crippen molar-refractivity contribution in [2.75, 3.05) is 6.54 Å². The molecular formula is C11H16ClN3O3S. The Bertz CT molecular complexity index is 567. The summed E-state index contributed by atoms with van der Waals surface area (Å²) >= 11 is 5.77. The molecule has 0 aliphatic heterocycles. The molecule has 0 fully saturated rings. The van der Waals surface area contributed by atoms with Gasteiger partial charge in [0.05, 0.1) is 11.6 Å². The lowest BCUT2D eigenvalue weighted by Gasteiger charge is -2.20. The Morgan fingerprint density at radius 3 is 2.58 bits per heavy atom. The van der Waals surface area contributed by atoms with Gasteiger partial charge in [-0.05, 0) is 26.8 Å². The van der Waals surface area contributed by atoms with E-state index in [1.165, 1.54) is 12.3 Å². The molecule has 0 radical (unpaired) electrons. The van der Waals surface area contributed by atoms with Crippen molar-refractivity contribution in [2.45, 2.75) is 31.2 Å². The lowest BCUT2D eigenvalue weighted by Crippen LogP contribution is -2.45. The summed E-state index contributed by atoms with van der Waals surface area (Å²) in [6.45, 7) is 5.05. The molecule has 0 aliphatic carbocycles. The summed E-state index contributed by atoms with van der Waals surface area (Å²) < 4.78 is 26.0. The van der Waals surface area contributed by atoms with E-state index < -0.39 is 21.5 Å².